The molecule has 226 valence electrons. The summed E-state index contributed by atoms with van der Waals surface area (Å²) in [6.45, 7) is 6.50. The summed E-state index contributed by atoms with van der Waals surface area (Å²) < 4.78 is 18.9. The molecule has 1 aliphatic rings. The number of hydrogen-bond donors (Lipinski definition) is 2. The third-order valence-electron chi connectivity index (χ3n) is 7.82. The average Bonchev–Trinajstić information content (AvgIpc) is 3.45. The number of hydrogen-bond acceptors (Lipinski definition) is 7. The van der Waals surface area contributed by atoms with Gasteiger partial charge in [-0.3, -0.25) is 9.36 Å². The number of carbonyl (C=O) groups is 2. The highest BCUT2D eigenvalue weighted by molar-refractivity contribution is 6.03. The van der Waals surface area contributed by atoms with E-state index in [1.54, 1.807) is 44.8 Å². The first-order chi connectivity index (χ1) is 21.0. The minimum Gasteiger partial charge on any atom is -0.490 e. The third-order valence-corrected chi connectivity index (χ3v) is 7.82. The number of likely N-dealkylation sites (tertiary alicyclic amines) is 1. The molecule has 10 nitrogen and oxygen atoms in total. The predicted molar refractivity (Wildman–Crippen MR) is 167 cm³/mol. The molecular formula is C33H39N5O5. The Morgan fingerprint density at radius 1 is 1.00 bits per heavy atom. The molecule has 2 aromatic heterocycles. The maximum Gasteiger partial charge on any atom is 0.325 e. The molecule has 2 aromatic carbocycles. The Bertz CT molecular complexity index is 1540. The van der Waals surface area contributed by atoms with Crippen molar-refractivity contribution in [3.8, 4) is 17.2 Å². The maximum atomic E-state index is 13.0. The number of anilines is 1. The van der Waals surface area contributed by atoms with E-state index >= 15 is 0 Å². The lowest BCUT2D eigenvalue weighted by atomic mass is 9.89. The lowest BCUT2D eigenvalue weighted by molar-refractivity contribution is 0.102. The summed E-state index contributed by atoms with van der Waals surface area (Å²) in [6.07, 6.45) is 6.25. The van der Waals surface area contributed by atoms with Gasteiger partial charge >= 0.3 is 6.03 Å². The second kappa shape index (κ2) is 14.2. The molecule has 0 unspecified atom stereocenters. The zero-order valence-electron chi connectivity index (χ0n) is 25.0. The minimum atomic E-state index is -0.254. The fourth-order valence-electron chi connectivity index (χ4n) is 5.37. The van der Waals surface area contributed by atoms with Crippen molar-refractivity contribution in [1.29, 1.82) is 0 Å². The van der Waals surface area contributed by atoms with Gasteiger partial charge in [-0.05, 0) is 74.3 Å². The van der Waals surface area contributed by atoms with Crippen LogP contribution in [0.15, 0.2) is 67.0 Å². The van der Waals surface area contributed by atoms with Crippen LogP contribution in [-0.2, 0) is 4.74 Å². The van der Waals surface area contributed by atoms with E-state index in [1.807, 2.05) is 24.3 Å². The monoisotopic (exact) mass is 585 g/mol. The lowest BCUT2D eigenvalue weighted by Gasteiger charge is -2.31. The number of carbonyl (C=O) groups excluding carboxylic acids is 2. The van der Waals surface area contributed by atoms with Crippen molar-refractivity contribution >= 4 is 28.7 Å². The smallest absolute Gasteiger partial charge is 0.325 e. The summed E-state index contributed by atoms with van der Waals surface area (Å²) in [5, 5.41) is 6.33. The fourth-order valence-corrected chi connectivity index (χ4v) is 5.37. The maximum absolute atomic E-state index is 13.0. The molecule has 43 heavy (non-hydrogen) atoms. The van der Waals surface area contributed by atoms with E-state index < -0.39 is 0 Å². The van der Waals surface area contributed by atoms with Crippen LogP contribution in [0.1, 0.15) is 48.0 Å². The highest BCUT2D eigenvalue weighted by atomic mass is 16.5. The zero-order valence-corrected chi connectivity index (χ0v) is 25.0. The summed E-state index contributed by atoms with van der Waals surface area (Å²) in [5.41, 5.74) is 2.54. The lowest BCUT2D eigenvalue weighted by Crippen LogP contribution is -2.32. The van der Waals surface area contributed by atoms with Crippen molar-refractivity contribution in [1.82, 2.24) is 19.8 Å². The molecule has 0 radical (unpaired) electrons. The fraction of sp³-hybridized carbons (Fsp3) is 0.364. The number of nitrogens with one attached hydrogen (secondary N) is 2. The van der Waals surface area contributed by atoms with Crippen LogP contribution >= 0.6 is 0 Å². The Labute approximate surface area is 251 Å². The molecule has 0 atom stereocenters. The van der Waals surface area contributed by atoms with Crippen LogP contribution in [0.2, 0.25) is 0 Å². The molecule has 0 spiro atoms. The van der Waals surface area contributed by atoms with Crippen LogP contribution in [0, 0.1) is 0 Å². The SMILES string of the molecule is CCN1CCC(c2ccc(C(=O)Nc3cc(Oc4cc5ccn(C(=O)NC)c5cc4OCCCOC)ccn3)cc2)CC1. The molecule has 0 saturated carbocycles. The summed E-state index contributed by atoms with van der Waals surface area (Å²) in [6, 6.07) is 16.5. The highest BCUT2D eigenvalue weighted by Gasteiger charge is 2.20. The molecule has 5 rings (SSSR count). The van der Waals surface area contributed by atoms with Crippen molar-refractivity contribution in [2.24, 2.45) is 0 Å². The number of aromatic nitrogens is 2. The molecule has 10 heteroatoms. The molecule has 1 saturated heterocycles. The Morgan fingerprint density at radius 3 is 2.51 bits per heavy atom. The number of nitrogens with zero attached hydrogens (tertiary/aromatic N) is 3. The average molecular weight is 586 g/mol. The number of piperidine rings is 1. The first-order valence-corrected chi connectivity index (χ1v) is 14.8. The van der Waals surface area contributed by atoms with Gasteiger partial charge in [0.1, 0.15) is 11.6 Å². The van der Waals surface area contributed by atoms with Gasteiger partial charge in [0.25, 0.3) is 5.91 Å². The van der Waals surface area contributed by atoms with E-state index in [0.717, 1.165) is 37.9 Å². The largest absolute Gasteiger partial charge is 0.490 e. The van der Waals surface area contributed by atoms with Crippen molar-refractivity contribution in [3.63, 3.8) is 0 Å². The van der Waals surface area contributed by atoms with Crippen molar-refractivity contribution in [2.45, 2.75) is 32.1 Å². The second-order valence-electron chi connectivity index (χ2n) is 10.6. The number of ether oxygens (including phenoxy) is 3. The van der Waals surface area contributed by atoms with E-state index in [4.69, 9.17) is 14.2 Å². The van der Waals surface area contributed by atoms with Gasteiger partial charge in [-0.1, -0.05) is 19.1 Å². The Kier molecular flexibility index (Phi) is 9.91. The number of methoxy groups -OCH3 is 1. The van der Waals surface area contributed by atoms with E-state index in [9.17, 15) is 9.59 Å². The van der Waals surface area contributed by atoms with Gasteiger partial charge in [0.15, 0.2) is 11.5 Å². The molecule has 4 aromatic rings. The number of fused-ring (bicyclic) bond motifs is 1. The van der Waals surface area contributed by atoms with Crippen LogP contribution in [0.5, 0.6) is 17.2 Å². The minimum absolute atomic E-state index is 0.240. The molecule has 2 amide bonds. The van der Waals surface area contributed by atoms with Crippen molar-refractivity contribution in [2.75, 3.05) is 52.3 Å². The number of amides is 2. The van der Waals surface area contributed by atoms with E-state index in [2.05, 4.69) is 39.6 Å². The van der Waals surface area contributed by atoms with Gasteiger partial charge in [-0.25, -0.2) is 9.78 Å². The van der Waals surface area contributed by atoms with Gasteiger partial charge in [-0.15, -0.1) is 0 Å². The quantitative estimate of drug-likeness (QED) is 0.212. The second-order valence-corrected chi connectivity index (χ2v) is 10.6. The Balaban J connectivity index is 1.29. The Morgan fingerprint density at radius 2 is 1.79 bits per heavy atom. The molecule has 0 aliphatic carbocycles. The van der Waals surface area contributed by atoms with E-state index in [-0.39, 0.29) is 11.9 Å². The van der Waals surface area contributed by atoms with Gasteiger partial charge < -0.3 is 29.7 Å². The topological polar surface area (TPSA) is 107 Å². The number of pyridine rings is 1. The van der Waals surface area contributed by atoms with Crippen LogP contribution in [0.3, 0.4) is 0 Å². The van der Waals surface area contributed by atoms with Crippen molar-refractivity contribution in [3.05, 3.63) is 78.1 Å². The van der Waals surface area contributed by atoms with Crippen LogP contribution < -0.4 is 20.1 Å². The summed E-state index contributed by atoms with van der Waals surface area (Å²) >= 11 is 0. The molecule has 1 fully saturated rings. The predicted octanol–water partition coefficient (Wildman–Crippen LogP) is 5.88. The van der Waals surface area contributed by atoms with Gasteiger partial charge in [0, 0.05) is 62.7 Å². The third kappa shape index (κ3) is 7.33. The van der Waals surface area contributed by atoms with Crippen molar-refractivity contribution < 1.29 is 23.8 Å². The highest BCUT2D eigenvalue weighted by Crippen LogP contribution is 2.37. The molecular weight excluding hydrogens is 546 g/mol. The standard InChI is InChI=1S/C33H39N5O5/c1-4-37-15-11-24(12-16-37)23-6-8-25(9-7-23)32(39)36-31-21-27(10-14-35-31)43-30-20-26-13-17-38(33(40)34-2)28(26)22-29(30)42-19-5-18-41-3/h6-10,13-14,17,20-22,24H,4-5,11-12,15-16,18-19H2,1-3H3,(H,34,40)(H,35,36,39). The molecule has 1 aliphatic heterocycles. The van der Waals surface area contributed by atoms with Gasteiger partial charge in [0.2, 0.25) is 0 Å². The zero-order chi connectivity index (χ0) is 30.2. The first kappa shape index (κ1) is 30.1. The number of benzene rings is 2. The Hall–Kier alpha value is -4.41. The summed E-state index contributed by atoms with van der Waals surface area (Å²) in [4.78, 5) is 32.2. The van der Waals surface area contributed by atoms with Gasteiger partial charge in [0.05, 0.1) is 12.1 Å². The normalized spacial score (nSPS) is 14.0. The van der Waals surface area contributed by atoms with E-state index in [1.165, 1.54) is 10.1 Å². The van der Waals surface area contributed by atoms with Crippen LogP contribution in [0.25, 0.3) is 10.9 Å². The van der Waals surface area contributed by atoms with Crippen LogP contribution in [-0.4, -0.2) is 73.4 Å². The summed E-state index contributed by atoms with van der Waals surface area (Å²) in [7, 11) is 3.23. The molecule has 2 N–H and O–H groups in total. The number of rotatable bonds is 11. The van der Waals surface area contributed by atoms with Gasteiger partial charge in [-0.2, -0.15) is 0 Å². The van der Waals surface area contributed by atoms with Crippen LogP contribution in [0.4, 0.5) is 10.6 Å². The summed E-state index contributed by atoms with van der Waals surface area (Å²) in [5.74, 6) is 2.10. The molecule has 3 heterocycles. The van der Waals surface area contributed by atoms with E-state index in [0.29, 0.717) is 59.7 Å². The molecule has 0 bridgehead atoms. The first-order valence-electron chi connectivity index (χ1n) is 14.8.